The number of hydrogen-bond acceptors (Lipinski definition) is 7. The van der Waals surface area contributed by atoms with E-state index in [0.717, 1.165) is 36.8 Å². The number of amides is 4. The fourth-order valence-electron chi connectivity index (χ4n) is 4.47. The van der Waals surface area contributed by atoms with Crippen LogP contribution in [0.4, 0.5) is 4.79 Å². The van der Waals surface area contributed by atoms with Crippen molar-refractivity contribution in [3.05, 3.63) is 34.9 Å². The van der Waals surface area contributed by atoms with Gasteiger partial charge in [0.05, 0.1) is 13.0 Å². The van der Waals surface area contributed by atoms with Crippen molar-refractivity contribution < 1.29 is 33.4 Å². The number of alkyl carbamates (subject to hydrolysis) is 1. The van der Waals surface area contributed by atoms with E-state index < -0.39 is 47.5 Å². The number of nitrogens with two attached hydrogens (primary N) is 1. The standard InChI is InChI=1S/C32H52N4O7/c1-8-10-11-12-13-20-36(30(40)25(16-17-26(33)37)35-31(41)43-32(5,6)7)28(24-15-14-22(3)23(4)21-24)29(39)34-19-18-27(38)42-9-2/h14-15,21,25,28H,8-13,16-20H2,1-7H3,(H2,33,37)(H,34,39)(H,35,41). The van der Waals surface area contributed by atoms with Gasteiger partial charge in [0.2, 0.25) is 17.7 Å². The number of nitrogens with one attached hydrogen (secondary N) is 2. The highest BCUT2D eigenvalue weighted by Crippen LogP contribution is 2.26. The van der Waals surface area contributed by atoms with Crippen molar-refractivity contribution >= 4 is 29.8 Å². The van der Waals surface area contributed by atoms with E-state index in [4.69, 9.17) is 15.2 Å². The zero-order valence-electron chi connectivity index (χ0n) is 27.0. The lowest BCUT2D eigenvalue weighted by Gasteiger charge is -2.35. The van der Waals surface area contributed by atoms with Gasteiger partial charge in [-0.3, -0.25) is 19.2 Å². The number of nitrogens with zero attached hydrogens (tertiary/aromatic N) is 1. The number of carbonyl (C=O) groups is 5. The first-order valence-corrected chi connectivity index (χ1v) is 15.3. The topological polar surface area (TPSA) is 157 Å². The van der Waals surface area contributed by atoms with Gasteiger partial charge >= 0.3 is 12.1 Å². The minimum Gasteiger partial charge on any atom is -0.466 e. The van der Waals surface area contributed by atoms with Gasteiger partial charge in [-0.05, 0) is 71.1 Å². The lowest BCUT2D eigenvalue weighted by atomic mass is 9.97. The summed E-state index contributed by atoms with van der Waals surface area (Å²) in [5, 5.41) is 5.40. The number of carbonyl (C=O) groups excluding carboxylic acids is 5. The molecule has 0 saturated carbocycles. The van der Waals surface area contributed by atoms with Gasteiger partial charge < -0.3 is 30.7 Å². The Morgan fingerprint density at radius 1 is 0.953 bits per heavy atom. The summed E-state index contributed by atoms with van der Waals surface area (Å²) >= 11 is 0. The molecule has 0 heterocycles. The van der Waals surface area contributed by atoms with Gasteiger partial charge in [-0.1, -0.05) is 50.8 Å². The van der Waals surface area contributed by atoms with Crippen LogP contribution in [-0.2, 0) is 28.7 Å². The molecule has 11 heteroatoms. The molecule has 0 saturated heterocycles. The smallest absolute Gasteiger partial charge is 0.408 e. The fourth-order valence-corrected chi connectivity index (χ4v) is 4.47. The van der Waals surface area contributed by atoms with Crippen molar-refractivity contribution in [3.8, 4) is 0 Å². The summed E-state index contributed by atoms with van der Waals surface area (Å²) in [7, 11) is 0. The maximum absolute atomic E-state index is 14.3. The second-order valence-electron chi connectivity index (χ2n) is 11.7. The number of unbranched alkanes of at least 4 members (excludes halogenated alkanes) is 4. The van der Waals surface area contributed by atoms with Gasteiger partial charge in [-0.15, -0.1) is 0 Å². The first-order valence-electron chi connectivity index (χ1n) is 15.3. The molecule has 2 unspecified atom stereocenters. The summed E-state index contributed by atoms with van der Waals surface area (Å²) in [6.07, 6.45) is 3.47. The van der Waals surface area contributed by atoms with Crippen LogP contribution in [0.25, 0.3) is 0 Å². The Balaban J connectivity index is 3.52. The van der Waals surface area contributed by atoms with Crippen LogP contribution >= 0.6 is 0 Å². The predicted octanol–water partition coefficient (Wildman–Crippen LogP) is 4.37. The van der Waals surface area contributed by atoms with Crippen LogP contribution in [0.3, 0.4) is 0 Å². The molecule has 0 spiro atoms. The lowest BCUT2D eigenvalue weighted by molar-refractivity contribution is -0.144. The molecule has 11 nitrogen and oxygen atoms in total. The van der Waals surface area contributed by atoms with Gasteiger partial charge in [0.25, 0.3) is 0 Å². The second-order valence-corrected chi connectivity index (χ2v) is 11.7. The van der Waals surface area contributed by atoms with Crippen molar-refractivity contribution in [1.29, 1.82) is 0 Å². The molecule has 0 fully saturated rings. The van der Waals surface area contributed by atoms with Crippen LogP contribution in [0.1, 0.15) is 109 Å². The van der Waals surface area contributed by atoms with E-state index >= 15 is 0 Å². The number of esters is 1. The van der Waals surface area contributed by atoms with Gasteiger partial charge in [0, 0.05) is 19.5 Å². The summed E-state index contributed by atoms with van der Waals surface area (Å²) < 4.78 is 10.4. The molecule has 1 aromatic rings. The minimum absolute atomic E-state index is 0.0222. The molecular formula is C32H52N4O7. The summed E-state index contributed by atoms with van der Waals surface area (Å²) in [5.41, 5.74) is 7.13. The number of primary amides is 1. The number of aryl methyl sites for hydroxylation is 2. The summed E-state index contributed by atoms with van der Waals surface area (Å²) in [6, 6.07) is 3.32. The molecule has 1 aromatic carbocycles. The first-order chi connectivity index (χ1) is 20.2. The van der Waals surface area contributed by atoms with Crippen LogP contribution in [-0.4, -0.2) is 66.0 Å². The molecule has 0 aliphatic heterocycles. The van der Waals surface area contributed by atoms with E-state index in [1.165, 1.54) is 4.90 Å². The number of benzene rings is 1. The van der Waals surface area contributed by atoms with Crippen LogP contribution in [0.2, 0.25) is 0 Å². The molecule has 1 rings (SSSR count). The van der Waals surface area contributed by atoms with Gasteiger partial charge in [-0.25, -0.2) is 4.79 Å². The number of hydrogen-bond donors (Lipinski definition) is 3. The highest BCUT2D eigenvalue weighted by Gasteiger charge is 2.36. The van der Waals surface area contributed by atoms with Crippen molar-refractivity contribution in [2.75, 3.05) is 19.7 Å². The number of ether oxygens (including phenoxy) is 2. The molecule has 0 aliphatic rings. The third kappa shape index (κ3) is 14.4. The monoisotopic (exact) mass is 604 g/mol. The van der Waals surface area contributed by atoms with E-state index in [0.29, 0.717) is 12.0 Å². The zero-order chi connectivity index (χ0) is 32.6. The Bertz CT molecular complexity index is 1080. The summed E-state index contributed by atoms with van der Waals surface area (Å²) in [4.78, 5) is 65.9. The van der Waals surface area contributed by atoms with Crippen LogP contribution < -0.4 is 16.4 Å². The zero-order valence-corrected chi connectivity index (χ0v) is 27.0. The Morgan fingerprint density at radius 3 is 2.21 bits per heavy atom. The fraction of sp³-hybridized carbons (Fsp3) is 0.656. The molecule has 43 heavy (non-hydrogen) atoms. The summed E-state index contributed by atoms with van der Waals surface area (Å²) in [6.45, 7) is 13.3. The maximum Gasteiger partial charge on any atom is 0.408 e. The van der Waals surface area contributed by atoms with E-state index in [-0.39, 0.29) is 39.0 Å². The highest BCUT2D eigenvalue weighted by atomic mass is 16.6. The average molecular weight is 605 g/mol. The quantitative estimate of drug-likeness (QED) is 0.166. The molecule has 0 bridgehead atoms. The van der Waals surface area contributed by atoms with Crippen molar-refractivity contribution in [2.24, 2.45) is 5.73 Å². The molecular weight excluding hydrogens is 552 g/mol. The third-order valence-corrected chi connectivity index (χ3v) is 6.79. The van der Waals surface area contributed by atoms with Crippen LogP contribution in [0.15, 0.2) is 18.2 Å². The van der Waals surface area contributed by atoms with Crippen LogP contribution in [0, 0.1) is 13.8 Å². The molecule has 0 radical (unpaired) electrons. The Kier molecular flexibility index (Phi) is 16.4. The Hall–Kier alpha value is -3.63. The molecule has 4 amide bonds. The summed E-state index contributed by atoms with van der Waals surface area (Å²) in [5.74, 6) is -2.08. The second kappa shape index (κ2) is 18.8. The largest absolute Gasteiger partial charge is 0.466 e. The van der Waals surface area contributed by atoms with Gasteiger partial charge in [-0.2, -0.15) is 0 Å². The van der Waals surface area contributed by atoms with Crippen LogP contribution in [0.5, 0.6) is 0 Å². The molecule has 0 aromatic heterocycles. The van der Waals surface area contributed by atoms with Gasteiger partial charge in [0.15, 0.2) is 0 Å². The minimum atomic E-state index is -1.17. The van der Waals surface area contributed by atoms with Crippen molar-refractivity contribution in [2.45, 2.75) is 118 Å². The SMILES string of the molecule is CCCCCCCN(C(=O)C(CCC(N)=O)NC(=O)OC(C)(C)C)C(C(=O)NCCC(=O)OCC)c1ccc(C)c(C)c1. The van der Waals surface area contributed by atoms with E-state index in [9.17, 15) is 24.0 Å². The Morgan fingerprint density at radius 2 is 1.63 bits per heavy atom. The van der Waals surface area contributed by atoms with E-state index in [1.807, 2.05) is 26.0 Å². The highest BCUT2D eigenvalue weighted by molar-refractivity contribution is 5.92. The molecule has 2 atom stereocenters. The number of rotatable bonds is 18. The van der Waals surface area contributed by atoms with E-state index in [1.54, 1.807) is 33.8 Å². The molecule has 0 aliphatic carbocycles. The third-order valence-electron chi connectivity index (χ3n) is 6.79. The van der Waals surface area contributed by atoms with Gasteiger partial charge in [0.1, 0.15) is 17.7 Å². The Labute approximate surface area is 256 Å². The predicted molar refractivity (Wildman–Crippen MR) is 165 cm³/mol. The molecule has 242 valence electrons. The first kappa shape index (κ1) is 37.4. The maximum atomic E-state index is 14.3. The average Bonchev–Trinajstić information content (AvgIpc) is 2.90. The van der Waals surface area contributed by atoms with Crippen molar-refractivity contribution in [3.63, 3.8) is 0 Å². The normalized spacial score (nSPS) is 12.5. The van der Waals surface area contributed by atoms with E-state index in [2.05, 4.69) is 17.6 Å². The molecule has 4 N–H and O–H groups in total. The lowest BCUT2D eigenvalue weighted by Crippen LogP contribution is -2.53. The van der Waals surface area contributed by atoms with Crippen molar-refractivity contribution in [1.82, 2.24) is 15.5 Å².